The maximum absolute atomic E-state index is 14.3. The van der Waals surface area contributed by atoms with Gasteiger partial charge in [-0.3, -0.25) is 0 Å². The molecule has 2 aromatic carbocycles. The molecule has 0 aromatic heterocycles. The predicted octanol–water partition coefficient (Wildman–Crippen LogP) is 3.82. The van der Waals surface area contributed by atoms with E-state index in [-0.39, 0.29) is 13.0 Å². The van der Waals surface area contributed by atoms with Crippen LogP contribution in [0.25, 0.3) is 0 Å². The molecule has 0 heterocycles. The molecule has 26 heavy (non-hydrogen) atoms. The molecule has 0 saturated heterocycles. The van der Waals surface area contributed by atoms with Gasteiger partial charge in [0.2, 0.25) is 0 Å². The normalized spacial score (nSPS) is 13.0. The van der Waals surface area contributed by atoms with Crippen LogP contribution in [0, 0.1) is 0 Å². The number of carboxylic acids is 1. The molecule has 1 unspecified atom stereocenters. The van der Waals surface area contributed by atoms with Gasteiger partial charge >= 0.3 is 5.97 Å². The molecule has 5 nitrogen and oxygen atoms in total. The van der Waals surface area contributed by atoms with Crippen molar-refractivity contribution < 1.29 is 28.5 Å². The first-order valence-electron chi connectivity index (χ1n) is 8.37. The number of aliphatic carboxylic acids is 1. The molecule has 0 aliphatic rings. The molecule has 2 aromatic rings. The van der Waals surface area contributed by atoms with Gasteiger partial charge in [0.1, 0.15) is 18.1 Å². The molecule has 0 bridgehead atoms. The average Bonchev–Trinajstić information content (AvgIpc) is 2.66. The number of rotatable bonds is 10. The Bertz CT molecular complexity index is 702. The van der Waals surface area contributed by atoms with Gasteiger partial charge in [-0.1, -0.05) is 24.3 Å². The topological polar surface area (TPSA) is 65.0 Å². The third-order valence-corrected chi connectivity index (χ3v) is 3.84. The van der Waals surface area contributed by atoms with Gasteiger partial charge in [-0.05, 0) is 42.3 Å². The van der Waals surface area contributed by atoms with Gasteiger partial charge < -0.3 is 19.3 Å². The number of benzene rings is 2. The Balaban J connectivity index is 1.91. The Morgan fingerprint density at radius 3 is 2.50 bits per heavy atom. The average molecular weight is 362 g/mol. The zero-order valence-corrected chi connectivity index (χ0v) is 14.9. The summed E-state index contributed by atoms with van der Waals surface area (Å²) in [4.78, 5) is 11.1. The van der Waals surface area contributed by atoms with E-state index in [9.17, 15) is 9.18 Å². The monoisotopic (exact) mass is 362 g/mol. The molecule has 1 N–H and O–H groups in total. The van der Waals surface area contributed by atoms with Crippen molar-refractivity contribution >= 4 is 5.97 Å². The highest BCUT2D eigenvalue weighted by Crippen LogP contribution is 2.23. The quantitative estimate of drug-likeness (QED) is 0.696. The van der Waals surface area contributed by atoms with E-state index in [4.69, 9.17) is 19.3 Å². The first kappa shape index (κ1) is 19.7. The fourth-order valence-electron chi connectivity index (χ4n) is 2.46. The number of halogens is 1. The van der Waals surface area contributed by atoms with E-state index < -0.39 is 18.2 Å². The van der Waals surface area contributed by atoms with Crippen molar-refractivity contribution in [3.05, 3.63) is 59.7 Å². The molecular formula is C20H23FO5. The second-order valence-electron chi connectivity index (χ2n) is 5.69. The van der Waals surface area contributed by atoms with Crippen molar-refractivity contribution in [1.29, 1.82) is 0 Å². The summed E-state index contributed by atoms with van der Waals surface area (Å²) < 4.78 is 30.1. The fraction of sp³-hybridized carbons (Fsp3) is 0.350. The largest absolute Gasteiger partial charge is 0.497 e. The third-order valence-electron chi connectivity index (χ3n) is 3.84. The van der Waals surface area contributed by atoms with Crippen molar-refractivity contribution in [2.24, 2.45) is 0 Å². The van der Waals surface area contributed by atoms with Gasteiger partial charge in [-0.15, -0.1) is 0 Å². The Hall–Kier alpha value is -2.60. The molecule has 0 aliphatic heterocycles. The van der Waals surface area contributed by atoms with Crippen LogP contribution in [0.1, 0.15) is 24.2 Å². The number of carbonyl (C=O) groups is 1. The summed E-state index contributed by atoms with van der Waals surface area (Å²) in [6, 6.07) is 13.7. The number of carboxylic acid groups (broad SMARTS) is 1. The van der Waals surface area contributed by atoms with Crippen LogP contribution >= 0.6 is 0 Å². The maximum atomic E-state index is 14.3. The second kappa shape index (κ2) is 9.77. The highest BCUT2D eigenvalue weighted by atomic mass is 19.1. The molecule has 0 amide bonds. The Morgan fingerprint density at radius 1 is 1.15 bits per heavy atom. The first-order valence-corrected chi connectivity index (χ1v) is 8.37. The van der Waals surface area contributed by atoms with E-state index in [1.54, 1.807) is 55.5 Å². The van der Waals surface area contributed by atoms with Crippen LogP contribution in [0.4, 0.5) is 4.39 Å². The molecule has 0 fully saturated rings. The van der Waals surface area contributed by atoms with E-state index in [1.807, 2.05) is 0 Å². The molecule has 0 aliphatic carbocycles. The molecule has 140 valence electrons. The molecule has 0 radical (unpaired) electrons. The van der Waals surface area contributed by atoms with Crippen molar-refractivity contribution in [1.82, 2.24) is 0 Å². The van der Waals surface area contributed by atoms with E-state index in [1.165, 1.54) is 7.11 Å². The molecule has 0 spiro atoms. The summed E-state index contributed by atoms with van der Waals surface area (Å²) in [6.45, 7) is 1.96. The summed E-state index contributed by atoms with van der Waals surface area (Å²) in [6.07, 6.45) is -1.90. The molecule has 2 rings (SSSR count). The third kappa shape index (κ3) is 5.74. The summed E-state index contributed by atoms with van der Waals surface area (Å²) >= 11 is 0. The van der Waals surface area contributed by atoms with Gasteiger partial charge in [0.25, 0.3) is 0 Å². The van der Waals surface area contributed by atoms with Crippen LogP contribution in [0.2, 0.25) is 0 Å². The van der Waals surface area contributed by atoms with E-state index in [0.717, 1.165) is 5.56 Å². The van der Waals surface area contributed by atoms with E-state index in [2.05, 4.69) is 0 Å². The number of ether oxygens (including phenoxy) is 3. The number of hydrogen-bond donors (Lipinski definition) is 1. The van der Waals surface area contributed by atoms with Crippen LogP contribution in [-0.4, -0.2) is 37.5 Å². The number of methoxy groups -OCH3 is 1. The maximum Gasteiger partial charge on any atom is 0.333 e. The SMILES string of the molecule is CCOC(Cc1ccc(OC[C@H](F)c2cccc(OC)c2)cc1)C(=O)O. The van der Waals surface area contributed by atoms with Crippen LogP contribution < -0.4 is 9.47 Å². The summed E-state index contributed by atoms with van der Waals surface area (Å²) in [5, 5.41) is 9.11. The molecule has 6 heteroatoms. The van der Waals surface area contributed by atoms with Crippen molar-refractivity contribution in [3.63, 3.8) is 0 Å². The lowest BCUT2D eigenvalue weighted by Gasteiger charge is -2.14. The van der Waals surface area contributed by atoms with Crippen molar-refractivity contribution in [2.45, 2.75) is 25.6 Å². The highest BCUT2D eigenvalue weighted by molar-refractivity contribution is 5.72. The minimum Gasteiger partial charge on any atom is -0.497 e. The minimum atomic E-state index is -1.28. The Labute approximate surface area is 152 Å². The molecule has 2 atom stereocenters. The van der Waals surface area contributed by atoms with Gasteiger partial charge in [0.05, 0.1) is 7.11 Å². The van der Waals surface area contributed by atoms with Crippen molar-refractivity contribution in [2.75, 3.05) is 20.3 Å². The van der Waals surface area contributed by atoms with Crippen LogP contribution in [0.5, 0.6) is 11.5 Å². The standard InChI is InChI=1S/C20H23FO5/c1-3-25-19(20(22)23)11-14-7-9-16(10-8-14)26-13-18(21)15-5-4-6-17(12-15)24-2/h4-10,12,18-19H,3,11,13H2,1-2H3,(H,22,23)/t18-,19?/m0/s1. The molecular weight excluding hydrogens is 339 g/mol. The van der Waals surface area contributed by atoms with Crippen LogP contribution in [0.15, 0.2) is 48.5 Å². The minimum absolute atomic E-state index is 0.122. The molecule has 0 saturated carbocycles. The number of alkyl halides is 1. The Kier molecular flexibility index (Phi) is 7.41. The number of hydrogen-bond acceptors (Lipinski definition) is 4. The fourth-order valence-corrected chi connectivity index (χ4v) is 2.46. The van der Waals surface area contributed by atoms with Gasteiger partial charge in [-0.25, -0.2) is 9.18 Å². The zero-order chi connectivity index (χ0) is 18.9. The van der Waals surface area contributed by atoms with Crippen molar-refractivity contribution in [3.8, 4) is 11.5 Å². The van der Waals surface area contributed by atoms with Gasteiger partial charge in [0.15, 0.2) is 12.3 Å². The van der Waals surface area contributed by atoms with Crippen LogP contribution in [0.3, 0.4) is 0 Å². The summed E-state index contributed by atoms with van der Waals surface area (Å²) in [5.74, 6) is 0.116. The van der Waals surface area contributed by atoms with Gasteiger partial charge in [-0.2, -0.15) is 0 Å². The lowest BCUT2D eigenvalue weighted by Crippen LogP contribution is -2.26. The van der Waals surface area contributed by atoms with Gasteiger partial charge in [0, 0.05) is 13.0 Å². The lowest BCUT2D eigenvalue weighted by atomic mass is 10.1. The van der Waals surface area contributed by atoms with Crippen LogP contribution in [-0.2, 0) is 16.0 Å². The second-order valence-corrected chi connectivity index (χ2v) is 5.69. The summed E-state index contributed by atoms with van der Waals surface area (Å²) in [7, 11) is 1.53. The van der Waals surface area contributed by atoms with E-state index >= 15 is 0 Å². The highest BCUT2D eigenvalue weighted by Gasteiger charge is 2.18. The first-order chi connectivity index (χ1) is 12.5. The predicted molar refractivity (Wildman–Crippen MR) is 95.5 cm³/mol. The smallest absolute Gasteiger partial charge is 0.333 e. The zero-order valence-electron chi connectivity index (χ0n) is 14.9. The van der Waals surface area contributed by atoms with E-state index in [0.29, 0.717) is 23.7 Å². The summed E-state index contributed by atoms with van der Waals surface area (Å²) in [5.41, 5.74) is 1.30. The lowest BCUT2D eigenvalue weighted by molar-refractivity contribution is -0.149. The Morgan fingerprint density at radius 2 is 1.88 bits per heavy atom.